The van der Waals surface area contributed by atoms with E-state index >= 15 is 0 Å². The summed E-state index contributed by atoms with van der Waals surface area (Å²) in [5.41, 5.74) is 1.05. The summed E-state index contributed by atoms with van der Waals surface area (Å²) < 4.78 is 23.2. The van der Waals surface area contributed by atoms with Gasteiger partial charge in [-0.15, -0.1) is 0 Å². The number of halogens is 2. The normalized spacial score (nSPS) is 21.0. The molecule has 262 valence electrons. The Balaban J connectivity index is 1.23. The fourth-order valence-electron chi connectivity index (χ4n) is 7.70. The molecule has 0 N–H and O–H groups in total. The van der Waals surface area contributed by atoms with Crippen LogP contribution in [0.1, 0.15) is 53.6 Å². The molecule has 9 nitrogen and oxygen atoms in total. The molecule has 3 aliphatic heterocycles. The van der Waals surface area contributed by atoms with Gasteiger partial charge in [-0.05, 0) is 80.6 Å². The molecular formula is C38H45Cl2N3O6. The van der Waals surface area contributed by atoms with Gasteiger partial charge in [-0.2, -0.15) is 0 Å². The van der Waals surface area contributed by atoms with E-state index < -0.39 is 11.0 Å². The predicted molar refractivity (Wildman–Crippen MR) is 190 cm³/mol. The number of amides is 2. The van der Waals surface area contributed by atoms with Crippen molar-refractivity contribution in [2.24, 2.45) is 0 Å². The molecule has 0 radical (unpaired) electrons. The molecule has 0 saturated carbocycles. The van der Waals surface area contributed by atoms with Gasteiger partial charge in [-0.1, -0.05) is 59.6 Å². The van der Waals surface area contributed by atoms with Crippen LogP contribution in [-0.2, 0) is 20.5 Å². The number of likely N-dealkylation sites (tertiary alicyclic amines) is 2. The Morgan fingerprint density at radius 2 is 1.45 bits per heavy atom. The number of carbonyl (C=O) groups excluding carboxylic acids is 2. The summed E-state index contributed by atoms with van der Waals surface area (Å²) in [5, 5.41) is 0.888. The van der Waals surface area contributed by atoms with Crippen molar-refractivity contribution in [1.82, 2.24) is 14.7 Å². The van der Waals surface area contributed by atoms with Crippen LogP contribution < -0.4 is 14.2 Å². The average Bonchev–Trinajstić information content (AvgIpc) is 3.70. The van der Waals surface area contributed by atoms with Gasteiger partial charge in [0.1, 0.15) is 5.60 Å². The first-order chi connectivity index (χ1) is 23.7. The molecule has 0 bridgehead atoms. The van der Waals surface area contributed by atoms with Gasteiger partial charge in [0.15, 0.2) is 11.5 Å². The Bertz CT molecular complexity index is 1620. The van der Waals surface area contributed by atoms with E-state index in [9.17, 15) is 9.59 Å². The van der Waals surface area contributed by atoms with Crippen molar-refractivity contribution in [3.8, 4) is 17.2 Å². The molecule has 1 atom stereocenters. The zero-order chi connectivity index (χ0) is 34.6. The minimum absolute atomic E-state index is 0.168. The molecule has 49 heavy (non-hydrogen) atoms. The van der Waals surface area contributed by atoms with Crippen LogP contribution >= 0.6 is 23.2 Å². The van der Waals surface area contributed by atoms with Gasteiger partial charge < -0.3 is 33.6 Å². The molecule has 3 aliphatic rings. The third kappa shape index (κ3) is 7.09. The Hall–Kier alpha value is -3.50. The van der Waals surface area contributed by atoms with Gasteiger partial charge in [0.05, 0.1) is 49.9 Å². The van der Waals surface area contributed by atoms with E-state index in [2.05, 4.69) is 21.9 Å². The lowest BCUT2D eigenvalue weighted by molar-refractivity contribution is -0.139. The number of morpholine rings is 1. The zero-order valence-electron chi connectivity index (χ0n) is 28.5. The van der Waals surface area contributed by atoms with Gasteiger partial charge in [0.2, 0.25) is 11.7 Å². The molecule has 1 unspecified atom stereocenters. The summed E-state index contributed by atoms with van der Waals surface area (Å²) in [7, 11) is 4.59. The summed E-state index contributed by atoms with van der Waals surface area (Å²) in [6.07, 6.45) is 4.25. The summed E-state index contributed by atoms with van der Waals surface area (Å²) in [5.74, 6) is 1.34. The first-order valence-corrected chi connectivity index (χ1v) is 17.8. The van der Waals surface area contributed by atoms with Crippen LogP contribution in [0.15, 0.2) is 60.7 Å². The first kappa shape index (κ1) is 35.3. The fourth-order valence-corrected chi connectivity index (χ4v) is 8.00. The van der Waals surface area contributed by atoms with Crippen molar-refractivity contribution >= 4 is 35.0 Å². The SMILES string of the molecule is COc1cc(C(=O)N2CCOC(CCN3CCC(C(=O)N4CCCC4)(c4ccccc4)CC3)(c3ccc(Cl)c(Cl)c3)C2)cc(OC)c1OC. The maximum Gasteiger partial charge on any atom is 0.254 e. The summed E-state index contributed by atoms with van der Waals surface area (Å²) >= 11 is 12.9. The predicted octanol–water partition coefficient (Wildman–Crippen LogP) is 6.43. The number of hydrogen-bond donors (Lipinski definition) is 0. The van der Waals surface area contributed by atoms with E-state index in [4.69, 9.17) is 42.1 Å². The quantitative estimate of drug-likeness (QED) is 0.240. The Morgan fingerprint density at radius 1 is 0.776 bits per heavy atom. The largest absolute Gasteiger partial charge is 0.493 e. The Labute approximate surface area is 298 Å². The van der Waals surface area contributed by atoms with Gasteiger partial charge in [-0.25, -0.2) is 0 Å². The Morgan fingerprint density at radius 3 is 2.06 bits per heavy atom. The van der Waals surface area contributed by atoms with Crippen molar-refractivity contribution < 1.29 is 28.5 Å². The van der Waals surface area contributed by atoms with E-state index in [1.54, 1.807) is 18.2 Å². The minimum Gasteiger partial charge on any atom is -0.493 e. The van der Waals surface area contributed by atoms with Crippen molar-refractivity contribution in [2.75, 3.05) is 73.7 Å². The molecule has 0 aromatic heterocycles. The zero-order valence-corrected chi connectivity index (χ0v) is 30.0. The first-order valence-electron chi connectivity index (χ1n) is 17.0. The van der Waals surface area contributed by atoms with Crippen LogP contribution in [0.25, 0.3) is 0 Å². The van der Waals surface area contributed by atoms with Crippen LogP contribution in [0.2, 0.25) is 10.0 Å². The molecule has 6 rings (SSSR count). The minimum atomic E-state index is -0.831. The van der Waals surface area contributed by atoms with Crippen LogP contribution in [0, 0.1) is 0 Å². The molecule has 3 heterocycles. The molecule has 3 aromatic carbocycles. The van der Waals surface area contributed by atoms with Gasteiger partial charge in [0, 0.05) is 31.7 Å². The lowest BCUT2D eigenvalue weighted by Crippen LogP contribution is -2.55. The molecular weight excluding hydrogens is 665 g/mol. The highest BCUT2D eigenvalue weighted by atomic mass is 35.5. The lowest BCUT2D eigenvalue weighted by atomic mass is 9.71. The highest BCUT2D eigenvalue weighted by Crippen LogP contribution is 2.42. The second-order valence-corrected chi connectivity index (χ2v) is 14.0. The second-order valence-electron chi connectivity index (χ2n) is 13.2. The monoisotopic (exact) mass is 709 g/mol. The fraction of sp³-hybridized carbons (Fsp3) is 0.474. The Kier molecular flexibility index (Phi) is 10.9. The third-order valence-corrected chi connectivity index (χ3v) is 11.2. The number of ether oxygens (including phenoxy) is 4. The smallest absolute Gasteiger partial charge is 0.254 e. The van der Waals surface area contributed by atoms with Crippen LogP contribution in [0.4, 0.5) is 0 Å². The topological polar surface area (TPSA) is 80.8 Å². The van der Waals surface area contributed by atoms with E-state index in [0.717, 1.165) is 69.5 Å². The number of piperidine rings is 1. The molecule has 0 spiro atoms. The molecule has 3 fully saturated rings. The molecule has 3 saturated heterocycles. The van der Waals surface area contributed by atoms with Crippen LogP contribution in [0.3, 0.4) is 0 Å². The number of hydrogen-bond acceptors (Lipinski definition) is 7. The number of methoxy groups -OCH3 is 3. The standard InChI is InChI=1S/C38H45Cl2N3O6/c1-46-32-23-27(24-33(47-2)34(32)48-3)35(44)43-21-22-49-38(26-43,29-11-12-30(39)31(40)25-29)15-20-41-18-13-37(14-19-41,28-9-5-4-6-10-28)36(45)42-16-7-8-17-42/h4-6,9-12,23-25H,7-8,13-22,26H2,1-3H3. The van der Waals surface area contributed by atoms with E-state index in [0.29, 0.717) is 59.0 Å². The number of nitrogens with zero attached hydrogens (tertiary/aromatic N) is 3. The van der Waals surface area contributed by atoms with E-state index in [1.807, 2.05) is 35.2 Å². The molecule has 0 aliphatic carbocycles. The molecule has 11 heteroatoms. The molecule has 2 amide bonds. The van der Waals surface area contributed by atoms with Crippen molar-refractivity contribution in [2.45, 2.75) is 43.1 Å². The maximum absolute atomic E-state index is 14.1. The van der Waals surface area contributed by atoms with Gasteiger partial charge >= 0.3 is 0 Å². The maximum atomic E-state index is 14.1. The van der Waals surface area contributed by atoms with Crippen LogP contribution in [0.5, 0.6) is 17.2 Å². The lowest BCUT2D eigenvalue weighted by Gasteiger charge is -2.46. The summed E-state index contributed by atoms with van der Waals surface area (Å²) in [4.78, 5) is 34.5. The highest BCUT2D eigenvalue weighted by molar-refractivity contribution is 6.42. The number of rotatable bonds is 10. The number of carbonyl (C=O) groups is 2. The third-order valence-electron chi connectivity index (χ3n) is 10.5. The van der Waals surface area contributed by atoms with Gasteiger partial charge in [-0.3, -0.25) is 9.59 Å². The molecule has 3 aromatic rings. The number of benzene rings is 3. The van der Waals surface area contributed by atoms with E-state index in [-0.39, 0.29) is 11.8 Å². The van der Waals surface area contributed by atoms with Crippen LogP contribution in [-0.4, -0.2) is 100 Å². The van der Waals surface area contributed by atoms with Gasteiger partial charge in [0.25, 0.3) is 5.91 Å². The van der Waals surface area contributed by atoms with Crippen molar-refractivity contribution in [3.05, 3.63) is 87.4 Å². The average molecular weight is 711 g/mol. The van der Waals surface area contributed by atoms with Crippen molar-refractivity contribution in [3.63, 3.8) is 0 Å². The highest BCUT2D eigenvalue weighted by Gasteiger charge is 2.46. The summed E-state index contributed by atoms with van der Waals surface area (Å²) in [6, 6.07) is 19.2. The van der Waals surface area contributed by atoms with Crippen molar-refractivity contribution in [1.29, 1.82) is 0 Å². The van der Waals surface area contributed by atoms with E-state index in [1.165, 1.54) is 21.3 Å². The summed E-state index contributed by atoms with van der Waals surface area (Å²) in [6.45, 7) is 5.03. The second kappa shape index (κ2) is 15.2.